The maximum atomic E-state index is 13.3. The summed E-state index contributed by atoms with van der Waals surface area (Å²) in [5.74, 6) is -1.60. The fourth-order valence-electron chi connectivity index (χ4n) is 2.36. The molecule has 1 saturated carbocycles. The molecule has 5 nitrogen and oxygen atoms in total. The van der Waals surface area contributed by atoms with Gasteiger partial charge in [-0.3, -0.25) is 4.79 Å². The Balaban J connectivity index is 1.87. The number of halogens is 1. The molecule has 0 bridgehead atoms. The number of carbonyl (C=O) groups excluding carboxylic acids is 1. The number of carbonyl (C=O) groups is 2. The number of amides is 2. The van der Waals surface area contributed by atoms with Crippen LogP contribution in [0.25, 0.3) is 0 Å². The molecule has 0 radical (unpaired) electrons. The van der Waals surface area contributed by atoms with Gasteiger partial charge in [-0.05, 0) is 43.9 Å². The van der Waals surface area contributed by atoms with E-state index in [1.54, 1.807) is 19.1 Å². The molecule has 0 saturated heterocycles. The second-order valence-electron chi connectivity index (χ2n) is 5.11. The zero-order valence-electron chi connectivity index (χ0n) is 11.1. The van der Waals surface area contributed by atoms with Crippen molar-refractivity contribution in [1.29, 1.82) is 0 Å². The summed E-state index contributed by atoms with van der Waals surface area (Å²) in [6.45, 7) is 1.64. The Labute approximate surface area is 116 Å². The number of benzene rings is 1. The number of hydrogen-bond donors (Lipinski definition) is 3. The average Bonchev–Trinajstić information content (AvgIpc) is 2.82. The van der Waals surface area contributed by atoms with E-state index in [-0.39, 0.29) is 11.9 Å². The second-order valence-corrected chi connectivity index (χ2v) is 5.11. The van der Waals surface area contributed by atoms with Crippen LogP contribution in [0.4, 0.5) is 14.9 Å². The second kappa shape index (κ2) is 5.90. The highest BCUT2D eigenvalue weighted by molar-refractivity contribution is 5.89. The van der Waals surface area contributed by atoms with Crippen molar-refractivity contribution in [1.82, 2.24) is 5.32 Å². The molecular formula is C14H17FN2O3. The largest absolute Gasteiger partial charge is 0.481 e. The highest BCUT2D eigenvalue weighted by Gasteiger charge is 2.30. The minimum Gasteiger partial charge on any atom is -0.481 e. The number of hydrogen-bond acceptors (Lipinski definition) is 2. The quantitative estimate of drug-likeness (QED) is 0.796. The van der Waals surface area contributed by atoms with Gasteiger partial charge in [-0.2, -0.15) is 0 Å². The van der Waals surface area contributed by atoms with Crippen molar-refractivity contribution >= 4 is 17.7 Å². The molecule has 1 aliphatic rings. The molecule has 0 aromatic heterocycles. The summed E-state index contributed by atoms with van der Waals surface area (Å²) in [5, 5.41) is 14.1. The molecule has 1 fully saturated rings. The lowest BCUT2D eigenvalue weighted by atomic mass is 10.1. The molecule has 2 atom stereocenters. The van der Waals surface area contributed by atoms with E-state index in [0.29, 0.717) is 30.5 Å². The molecule has 3 N–H and O–H groups in total. The fraction of sp³-hybridized carbons (Fsp3) is 0.429. The van der Waals surface area contributed by atoms with E-state index in [1.807, 2.05) is 0 Å². The summed E-state index contributed by atoms with van der Waals surface area (Å²) in [7, 11) is 0. The van der Waals surface area contributed by atoms with E-state index in [9.17, 15) is 14.0 Å². The Hall–Kier alpha value is -2.11. The predicted octanol–water partition coefficient (Wildman–Crippen LogP) is 2.51. The third-order valence-corrected chi connectivity index (χ3v) is 3.55. The van der Waals surface area contributed by atoms with Gasteiger partial charge in [0.25, 0.3) is 0 Å². The van der Waals surface area contributed by atoms with Crippen LogP contribution >= 0.6 is 0 Å². The summed E-state index contributed by atoms with van der Waals surface area (Å²) < 4.78 is 13.3. The zero-order valence-corrected chi connectivity index (χ0v) is 11.1. The van der Waals surface area contributed by atoms with Gasteiger partial charge in [-0.1, -0.05) is 6.07 Å². The number of urea groups is 1. The van der Waals surface area contributed by atoms with Gasteiger partial charge in [0.05, 0.1) is 5.92 Å². The van der Waals surface area contributed by atoms with E-state index >= 15 is 0 Å². The third-order valence-electron chi connectivity index (χ3n) is 3.55. The van der Waals surface area contributed by atoms with Gasteiger partial charge in [-0.15, -0.1) is 0 Å². The molecule has 1 aliphatic carbocycles. The number of carboxylic acids is 1. The van der Waals surface area contributed by atoms with Gasteiger partial charge in [0.15, 0.2) is 0 Å². The first-order valence-electron chi connectivity index (χ1n) is 6.52. The topological polar surface area (TPSA) is 78.4 Å². The van der Waals surface area contributed by atoms with E-state index in [4.69, 9.17) is 5.11 Å². The minimum absolute atomic E-state index is 0.147. The van der Waals surface area contributed by atoms with Crippen molar-refractivity contribution in [3.63, 3.8) is 0 Å². The Morgan fingerprint density at radius 1 is 1.35 bits per heavy atom. The maximum absolute atomic E-state index is 13.3. The predicted molar refractivity (Wildman–Crippen MR) is 72.1 cm³/mol. The van der Waals surface area contributed by atoms with Crippen molar-refractivity contribution < 1.29 is 19.1 Å². The van der Waals surface area contributed by atoms with E-state index in [2.05, 4.69) is 10.6 Å². The normalized spacial score (nSPS) is 21.5. The van der Waals surface area contributed by atoms with Crippen molar-refractivity contribution in [3.05, 3.63) is 29.6 Å². The van der Waals surface area contributed by atoms with Gasteiger partial charge in [0.1, 0.15) is 5.82 Å². The van der Waals surface area contributed by atoms with Gasteiger partial charge in [0.2, 0.25) is 0 Å². The van der Waals surface area contributed by atoms with Crippen molar-refractivity contribution in [2.24, 2.45) is 5.92 Å². The standard InChI is InChI=1S/C14H17FN2O3/c1-8-2-4-11(7-12(8)15)17-14(20)16-10-5-3-9(6-10)13(18)19/h2,4,7,9-10H,3,5-6H2,1H3,(H,18,19)(H2,16,17,20). The van der Waals surface area contributed by atoms with Crippen LogP contribution in [0.1, 0.15) is 24.8 Å². The Kier molecular flexibility index (Phi) is 4.22. The molecule has 108 valence electrons. The summed E-state index contributed by atoms with van der Waals surface area (Å²) >= 11 is 0. The maximum Gasteiger partial charge on any atom is 0.319 e. The molecule has 2 unspecified atom stereocenters. The fourth-order valence-corrected chi connectivity index (χ4v) is 2.36. The number of nitrogens with one attached hydrogen (secondary N) is 2. The third kappa shape index (κ3) is 3.46. The van der Waals surface area contributed by atoms with Crippen LogP contribution in [-0.4, -0.2) is 23.1 Å². The van der Waals surface area contributed by atoms with Crippen molar-refractivity contribution in [2.75, 3.05) is 5.32 Å². The molecule has 0 spiro atoms. The van der Waals surface area contributed by atoms with E-state index < -0.39 is 17.9 Å². The number of aliphatic carboxylic acids is 1. The first-order valence-corrected chi connectivity index (χ1v) is 6.52. The number of anilines is 1. The molecule has 6 heteroatoms. The first-order chi connectivity index (χ1) is 9.45. The van der Waals surface area contributed by atoms with Crippen LogP contribution in [-0.2, 0) is 4.79 Å². The summed E-state index contributed by atoms with van der Waals surface area (Å²) in [5.41, 5.74) is 0.884. The lowest BCUT2D eigenvalue weighted by molar-refractivity contribution is -0.141. The summed E-state index contributed by atoms with van der Waals surface area (Å²) in [6, 6.07) is 3.87. The smallest absolute Gasteiger partial charge is 0.319 e. The molecule has 1 aromatic carbocycles. The highest BCUT2D eigenvalue weighted by atomic mass is 19.1. The molecule has 0 heterocycles. The van der Waals surface area contributed by atoms with Crippen LogP contribution in [0.3, 0.4) is 0 Å². The summed E-state index contributed by atoms with van der Waals surface area (Å²) in [6.07, 6.45) is 1.65. The van der Waals surface area contributed by atoms with Gasteiger partial charge in [0, 0.05) is 11.7 Å². The van der Waals surface area contributed by atoms with E-state index in [0.717, 1.165) is 0 Å². The van der Waals surface area contributed by atoms with Crippen LogP contribution in [0.2, 0.25) is 0 Å². The highest BCUT2D eigenvalue weighted by Crippen LogP contribution is 2.25. The lowest BCUT2D eigenvalue weighted by Gasteiger charge is -2.13. The molecular weight excluding hydrogens is 263 g/mol. The first kappa shape index (κ1) is 14.3. The van der Waals surface area contributed by atoms with Gasteiger partial charge < -0.3 is 15.7 Å². The molecule has 2 rings (SSSR count). The van der Waals surface area contributed by atoms with Gasteiger partial charge >= 0.3 is 12.0 Å². The summed E-state index contributed by atoms with van der Waals surface area (Å²) in [4.78, 5) is 22.6. The molecule has 1 aromatic rings. The monoisotopic (exact) mass is 280 g/mol. The van der Waals surface area contributed by atoms with Crippen LogP contribution in [0, 0.1) is 18.7 Å². The van der Waals surface area contributed by atoms with Crippen LogP contribution in [0.15, 0.2) is 18.2 Å². The SMILES string of the molecule is Cc1ccc(NC(=O)NC2CCC(C(=O)O)C2)cc1F. The number of aryl methyl sites for hydroxylation is 1. The Bertz CT molecular complexity index is 533. The Morgan fingerprint density at radius 3 is 2.70 bits per heavy atom. The average molecular weight is 280 g/mol. The van der Waals surface area contributed by atoms with Crippen molar-refractivity contribution in [2.45, 2.75) is 32.2 Å². The zero-order chi connectivity index (χ0) is 14.7. The lowest BCUT2D eigenvalue weighted by Crippen LogP contribution is -2.36. The van der Waals surface area contributed by atoms with Crippen LogP contribution < -0.4 is 10.6 Å². The minimum atomic E-state index is -0.824. The number of rotatable bonds is 3. The number of carboxylic acid groups (broad SMARTS) is 1. The van der Waals surface area contributed by atoms with Gasteiger partial charge in [-0.25, -0.2) is 9.18 Å². The van der Waals surface area contributed by atoms with E-state index in [1.165, 1.54) is 6.07 Å². The van der Waals surface area contributed by atoms with Crippen LogP contribution in [0.5, 0.6) is 0 Å². The molecule has 0 aliphatic heterocycles. The molecule has 2 amide bonds. The van der Waals surface area contributed by atoms with Crippen molar-refractivity contribution in [3.8, 4) is 0 Å². The molecule has 20 heavy (non-hydrogen) atoms. The Morgan fingerprint density at radius 2 is 2.10 bits per heavy atom.